The van der Waals surface area contributed by atoms with Gasteiger partial charge in [0.2, 0.25) is 0 Å². The Hall–Kier alpha value is -4.45. The molecule has 6 heteroatoms. The molecule has 4 rings (SSSR count). The van der Waals surface area contributed by atoms with Gasteiger partial charge in [-0.25, -0.2) is 9.78 Å². The number of nitrogens with one attached hydrogen (secondary N) is 3. The lowest BCUT2D eigenvalue weighted by Crippen LogP contribution is -2.20. The van der Waals surface area contributed by atoms with Gasteiger partial charge < -0.3 is 15.4 Å². The minimum Gasteiger partial charge on any atom is -0.462 e. The fourth-order valence-corrected chi connectivity index (χ4v) is 3.89. The van der Waals surface area contributed by atoms with Crippen LogP contribution in [0.15, 0.2) is 84.9 Å². The van der Waals surface area contributed by atoms with Gasteiger partial charge in [-0.2, -0.15) is 0 Å². The number of amidine groups is 1. The van der Waals surface area contributed by atoms with E-state index in [4.69, 9.17) is 15.1 Å². The number of carbonyl (C=O) groups excluding carboxylic acids is 1. The van der Waals surface area contributed by atoms with Crippen molar-refractivity contribution in [2.75, 3.05) is 17.2 Å². The third-order valence-corrected chi connectivity index (χ3v) is 5.53. The maximum absolute atomic E-state index is 13.1. The molecule has 0 spiro atoms. The van der Waals surface area contributed by atoms with Crippen molar-refractivity contribution >= 4 is 29.0 Å². The zero-order valence-corrected chi connectivity index (χ0v) is 20.1. The third-order valence-electron chi connectivity index (χ3n) is 5.53. The molecule has 0 atom stereocenters. The standard InChI is InChI=1S/C29H28N4O2/c1-4-35-29(34)24-20(3)31-28(33-22-13-9-6-10-14-22)26(25(24)21-11-7-5-8-12-21)27(30)32-23-17-15-19(2)16-18-23/h5-18H,4H2,1-3H3,(H2,30,32)(H,31,33). The molecule has 0 aliphatic carbocycles. The number of ether oxygens (including phenoxy) is 1. The number of nitrogens with zero attached hydrogens (tertiary/aromatic N) is 1. The van der Waals surface area contributed by atoms with E-state index in [1.165, 1.54) is 0 Å². The van der Waals surface area contributed by atoms with Crippen molar-refractivity contribution in [3.8, 4) is 11.1 Å². The van der Waals surface area contributed by atoms with Gasteiger partial charge in [0, 0.05) is 16.9 Å². The molecule has 0 saturated heterocycles. The summed E-state index contributed by atoms with van der Waals surface area (Å²) in [6, 6.07) is 27.0. The third kappa shape index (κ3) is 5.38. The molecule has 0 fully saturated rings. The Balaban J connectivity index is 1.95. The van der Waals surface area contributed by atoms with Crippen LogP contribution in [-0.4, -0.2) is 23.4 Å². The smallest absolute Gasteiger partial charge is 0.340 e. The molecule has 0 unspecified atom stereocenters. The summed E-state index contributed by atoms with van der Waals surface area (Å²) in [5.41, 5.74) is 5.46. The van der Waals surface area contributed by atoms with Crippen LogP contribution < -0.4 is 10.6 Å². The first kappa shape index (κ1) is 23.7. The topological polar surface area (TPSA) is 87.1 Å². The lowest BCUT2D eigenvalue weighted by atomic mass is 9.92. The highest BCUT2D eigenvalue weighted by atomic mass is 16.5. The number of pyridine rings is 1. The van der Waals surface area contributed by atoms with Crippen LogP contribution in [0, 0.1) is 19.3 Å². The maximum Gasteiger partial charge on any atom is 0.340 e. The number of anilines is 3. The molecule has 3 N–H and O–H groups in total. The van der Waals surface area contributed by atoms with Gasteiger partial charge in [-0.1, -0.05) is 66.2 Å². The van der Waals surface area contributed by atoms with Crippen molar-refractivity contribution in [1.82, 2.24) is 4.98 Å². The summed E-state index contributed by atoms with van der Waals surface area (Å²) in [4.78, 5) is 17.9. The highest BCUT2D eigenvalue weighted by Crippen LogP contribution is 2.36. The molecule has 1 heterocycles. The zero-order chi connectivity index (χ0) is 24.8. The number of hydrogen-bond acceptors (Lipinski definition) is 5. The summed E-state index contributed by atoms with van der Waals surface area (Å²) < 4.78 is 5.41. The molecule has 6 nitrogen and oxygen atoms in total. The molecule has 0 aliphatic rings. The Morgan fingerprint density at radius 1 is 0.857 bits per heavy atom. The first-order valence-electron chi connectivity index (χ1n) is 11.5. The Bertz CT molecular complexity index is 1330. The maximum atomic E-state index is 13.1. The highest BCUT2D eigenvalue weighted by Gasteiger charge is 2.27. The van der Waals surface area contributed by atoms with Gasteiger partial charge in [0.15, 0.2) is 0 Å². The highest BCUT2D eigenvalue weighted by molar-refractivity contribution is 6.17. The monoisotopic (exact) mass is 464 g/mol. The molecule has 176 valence electrons. The number of esters is 1. The molecule has 1 aromatic heterocycles. The van der Waals surface area contributed by atoms with E-state index in [0.717, 1.165) is 22.5 Å². The van der Waals surface area contributed by atoms with Gasteiger partial charge >= 0.3 is 5.97 Å². The summed E-state index contributed by atoms with van der Waals surface area (Å²) in [6.45, 7) is 5.82. The molecule has 35 heavy (non-hydrogen) atoms. The second-order valence-corrected chi connectivity index (χ2v) is 8.11. The lowest BCUT2D eigenvalue weighted by Gasteiger charge is -2.22. The lowest BCUT2D eigenvalue weighted by molar-refractivity contribution is 0.0526. The largest absolute Gasteiger partial charge is 0.462 e. The van der Waals surface area contributed by atoms with Gasteiger partial charge in [-0.05, 0) is 50.6 Å². The fourth-order valence-electron chi connectivity index (χ4n) is 3.89. The van der Waals surface area contributed by atoms with Gasteiger partial charge in [-0.3, -0.25) is 5.41 Å². The van der Waals surface area contributed by atoms with E-state index < -0.39 is 5.97 Å². The number of hydrogen-bond donors (Lipinski definition) is 3. The van der Waals surface area contributed by atoms with Crippen molar-refractivity contribution in [1.29, 1.82) is 5.41 Å². The minimum absolute atomic E-state index is 0.115. The zero-order valence-electron chi connectivity index (χ0n) is 20.1. The van der Waals surface area contributed by atoms with Crippen LogP contribution in [0.25, 0.3) is 11.1 Å². The molecular formula is C29H28N4O2. The SMILES string of the molecule is CCOC(=O)c1c(C)nc(Nc2ccccc2)c(C(=N)Nc2ccc(C)cc2)c1-c1ccccc1. The van der Waals surface area contributed by atoms with Crippen LogP contribution in [0.2, 0.25) is 0 Å². The van der Waals surface area contributed by atoms with E-state index in [9.17, 15) is 4.79 Å². The van der Waals surface area contributed by atoms with Crippen molar-refractivity contribution in [3.05, 3.63) is 107 Å². The Morgan fingerprint density at radius 3 is 2.11 bits per heavy atom. The number of benzene rings is 3. The molecule has 0 saturated carbocycles. The van der Waals surface area contributed by atoms with Crippen molar-refractivity contribution in [3.63, 3.8) is 0 Å². The molecule has 0 amide bonds. The Kier molecular flexibility index (Phi) is 7.21. The van der Waals surface area contributed by atoms with Crippen LogP contribution in [0.3, 0.4) is 0 Å². The average molecular weight is 465 g/mol. The van der Waals surface area contributed by atoms with E-state index in [1.54, 1.807) is 13.8 Å². The van der Waals surface area contributed by atoms with E-state index in [1.807, 2.05) is 91.9 Å². The first-order valence-corrected chi connectivity index (χ1v) is 11.5. The fraction of sp³-hybridized carbons (Fsp3) is 0.138. The van der Waals surface area contributed by atoms with Gasteiger partial charge in [0.05, 0.1) is 23.4 Å². The van der Waals surface area contributed by atoms with E-state index >= 15 is 0 Å². The van der Waals surface area contributed by atoms with E-state index in [-0.39, 0.29) is 12.4 Å². The van der Waals surface area contributed by atoms with Gasteiger partial charge in [-0.15, -0.1) is 0 Å². The molecule has 0 bridgehead atoms. The average Bonchev–Trinajstić information content (AvgIpc) is 2.86. The predicted octanol–water partition coefficient (Wildman–Crippen LogP) is 6.72. The van der Waals surface area contributed by atoms with Crippen molar-refractivity contribution in [2.24, 2.45) is 0 Å². The van der Waals surface area contributed by atoms with Crippen LogP contribution in [-0.2, 0) is 4.74 Å². The van der Waals surface area contributed by atoms with Crippen LogP contribution in [0.1, 0.15) is 34.1 Å². The van der Waals surface area contributed by atoms with E-state index in [2.05, 4.69) is 10.6 Å². The number of para-hydroxylation sites is 1. The summed E-state index contributed by atoms with van der Waals surface area (Å²) in [7, 11) is 0. The Morgan fingerprint density at radius 2 is 1.49 bits per heavy atom. The quantitative estimate of drug-likeness (QED) is 0.160. The first-order chi connectivity index (χ1) is 17.0. The summed E-state index contributed by atoms with van der Waals surface area (Å²) >= 11 is 0. The second kappa shape index (κ2) is 10.7. The number of aromatic nitrogens is 1. The summed E-state index contributed by atoms with van der Waals surface area (Å²) in [5.74, 6) is 0.126. The van der Waals surface area contributed by atoms with Crippen LogP contribution in [0.4, 0.5) is 17.2 Å². The summed E-state index contributed by atoms with van der Waals surface area (Å²) in [6.07, 6.45) is 0. The van der Waals surface area contributed by atoms with Crippen molar-refractivity contribution < 1.29 is 9.53 Å². The predicted molar refractivity (Wildman–Crippen MR) is 142 cm³/mol. The molecule has 0 radical (unpaired) electrons. The minimum atomic E-state index is -0.466. The van der Waals surface area contributed by atoms with Crippen LogP contribution >= 0.6 is 0 Å². The van der Waals surface area contributed by atoms with Crippen LogP contribution in [0.5, 0.6) is 0 Å². The molecule has 3 aromatic carbocycles. The number of carbonyl (C=O) groups is 1. The number of rotatable bonds is 7. The molecule has 4 aromatic rings. The van der Waals surface area contributed by atoms with Crippen molar-refractivity contribution in [2.45, 2.75) is 20.8 Å². The Labute approximate surface area is 205 Å². The van der Waals surface area contributed by atoms with Gasteiger partial charge in [0.25, 0.3) is 0 Å². The van der Waals surface area contributed by atoms with E-state index in [0.29, 0.717) is 28.2 Å². The second-order valence-electron chi connectivity index (χ2n) is 8.11. The molecular weight excluding hydrogens is 436 g/mol. The normalized spacial score (nSPS) is 10.5. The number of aryl methyl sites for hydroxylation is 2. The van der Waals surface area contributed by atoms with Gasteiger partial charge in [0.1, 0.15) is 11.7 Å². The molecule has 0 aliphatic heterocycles. The summed E-state index contributed by atoms with van der Waals surface area (Å²) in [5, 5.41) is 15.6.